The minimum Gasteiger partial charge on any atom is -0.490 e. The monoisotopic (exact) mass is 475 g/mol. The van der Waals surface area contributed by atoms with Crippen LogP contribution in [-0.2, 0) is 4.74 Å². The van der Waals surface area contributed by atoms with Crippen molar-refractivity contribution in [1.29, 1.82) is 0 Å². The highest BCUT2D eigenvalue weighted by Gasteiger charge is 2.30. The molecule has 1 fully saturated rings. The molecule has 26 heavy (non-hydrogen) atoms. The molecular formula is C19H30IN3O3. The van der Waals surface area contributed by atoms with Crippen LogP contribution in [0.4, 0.5) is 5.69 Å². The van der Waals surface area contributed by atoms with Crippen molar-refractivity contribution in [1.82, 2.24) is 0 Å². The van der Waals surface area contributed by atoms with Crippen LogP contribution >= 0.6 is 24.0 Å². The molecule has 0 atom stereocenters. The van der Waals surface area contributed by atoms with Gasteiger partial charge in [0.25, 0.3) is 0 Å². The van der Waals surface area contributed by atoms with Crippen molar-refractivity contribution in [2.45, 2.75) is 45.1 Å². The Balaban J connectivity index is 0.00000243. The number of halogens is 1. The minimum atomic E-state index is 0. The summed E-state index contributed by atoms with van der Waals surface area (Å²) in [5.41, 5.74) is 7.14. The Bertz CT molecular complexity index is 616. The molecule has 0 bridgehead atoms. The summed E-state index contributed by atoms with van der Waals surface area (Å²) < 4.78 is 16.8. The molecule has 6 nitrogen and oxygen atoms in total. The Morgan fingerprint density at radius 1 is 1.27 bits per heavy atom. The van der Waals surface area contributed by atoms with E-state index in [1.54, 1.807) is 7.11 Å². The molecule has 1 aliphatic carbocycles. The molecular weight excluding hydrogens is 445 g/mol. The van der Waals surface area contributed by atoms with Crippen molar-refractivity contribution in [3.8, 4) is 11.5 Å². The number of nitrogens with zero attached hydrogens (tertiary/aromatic N) is 1. The predicted molar refractivity (Wildman–Crippen MR) is 115 cm³/mol. The Kier molecular flexibility index (Phi) is 7.82. The second-order valence-corrected chi connectivity index (χ2v) is 7.28. The number of ether oxygens (including phenoxy) is 3. The van der Waals surface area contributed by atoms with Gasteiger partial charge in [0.15, 0.2) is 17.5 Å². The zero-order valence-corrected chi connectivity index (χ0v) is 18.0. The molecule has 0 saturated heterocycles. The normalized spacial score (nSPS) is 25.8. The topological polar surface area (TPSA) is 78.1 Å². The Hall–Kier alpha value is -1.22. The molecule has 0 radical (unpaired) electrons. The number of rotatable bonds is 4. The second kappa shape index (κ2) is 9.64. The van der Waals surface area contributed by atoms with E-state index < -0.39 is 0 Å². The Morgan fingerprint density at radius 2 is 1.96 bits per heavy atom. The molecule has 3 rings (SSSR count). The van der Waals surface area contributed by atoms with Crippen molar-refractivity contribution in [2.75, 3.05) is 32.2 Å². The average molecular weight is 475 g/mol. The lowest BCUT2D eigenvalue weighted by Crippen LogP contribution is -2.32. The number of nitrogens with two attached hydrogens (primary N) is 1. The number of guanidine groups is 1. The van der Waals surface area contributed by atoms with Gasteiger partial charge in [0.05, 0.1) is 19.3 Å². The van der Waals surface area contributed by atoms with Crippen molar-refractivity contribution >= 4 is 35.6 Å². The molecule has 1 aliphatic heterocycles. The van der Waals surface area contributed by atoms with Crippen LogP contribution in [0, 0.1) is 5.41 Å². The van der Waals surface area contributed by atoms with Crippen LogP contribution in [0.2, 0.25) is 0 Å². The van der Waals surface area contributed by atoms with Crippen molar-refractivity contribution in [3.63, 3.8) is 0 Å². The number of methoxy groups -OCH3 is 1. The van der Waals surface area contributed by atoms with E-state index in [0.717, 1.165) is 55.8 Å². The fourth-order valence-electron chi connectivity index (χ4n) is 3.39. The standard InChI is InChI=1S/C19H29N3O3.HI/c1-19(8-6-15(23-2)7-9-19)13-21-18(20)22-14-4-5-16-17(12-14)25-11-3-10-24-16;/h4-5,12,15H,3,6-11,13H2,1-2H3,(H3,20,21,22);1H. The first-order valence-electron chi connectivity index (χ1n) is 9.07. The van der Waals surface area contributed by atoms with E-state index in [1.165, 1.54) is 0 Å². The van der Waals surface area contributed by atoms with Gasteiger partial charge in [-0.25, -0.2) is 0 Å². The number of benzene rings is 1. The molecule has 1 aromatic carbocycles. The molecule has 1 aromatic rings. The minimum absolute atomic E-state index is 0. The van der Waals surface area contributed by atoms with Crippen molar-refractivity contribution in [3.05, 3.63) is 18.2 Å². The SMILES string of the molecule is COC1CCC(C)(CN=C(N)Nc2ccc3c(c2)OCCCO3)CC1.I. The molecule has 0 unspecified atom stereocenters. The highest BCUT2D eigenvalue weighted by atomic mass is 127. The quantitative estimate of drug-likeness (QED) is 0.394. The second-order valence-electron chi connectivity index (χ2n) is 7.28. The molecule has 3 N–H and O–H groups in total. The molecule has 1 saturated carbocycles. The van der Waals surface area contributed by atoms with Gasteiger partial charge in [-0.3, -0.25) is 4.99 Å². The first-order valence-corrected chi connectivity index (χ1v) is 9.07. The summed E-state index contributed by atoms with van der Waals surface area (Å²) in [5, 5.41) is 3.16. The van der Waals surface area contributed by atoms with E-state index in [4.69, 9.17) is 19.9 Å². The van der Waals surface area contributed by atoms with Crippen LogP contribution in [0.25, 0.3) is 0 Å². The molecule has 7 heteroatoms. The third kappa shape index (κ3) is 5.64. The zero-order valence-electron chi connectivity index (χ0n) is 15.6. The number of hydrogen-bond acceptors (Lipinski definition) is 4. The van der Waals surface area contributed by atoms with Gasteiger partial charge in [0, 0.05) is 31.8 Å². The maximum absolute atomic E-state index is 6.08. The van der Waals surface area contributed by atoms with Gasteiger partial charge in [-0.1, -0.05) is 6.92 Å². The predicted octanol–water partition coefficient (Wildman–Crippen LogP) is 3.79. The van der Waals surface area contributed by atoms with Crippen LogP contribution in [0.1, 0.15) is 39.0 Å². The third-order valence-corrected chi connectivity index (χ3v) is 5.12. The van der Waals surface area contributed by atoms with Gasteiger partial charge < -0.3 is 25.3 Å². The summed E-state index contributed by atoms with van der Waals surface area (Å²) in [6, 6.07) is 5.75. The maximum Gasteiger partial charge on any atom is 0.193 e. The van der Waals surface area contributed by atoms with E-state index in [-0.39, 0.29) is 29.4 Å². The number of nitrogens with one attached hydrogen (secondary N) is 1. The summed E-state index contributed by atoms with van der Waals surface area (Å²) in [4.78, 5) is 4.57. The maximum atomic E-state index is 6.08. The first kappa shape index (κ1) is 21.1. The van der Waals surface area contributed by atoms with Crippen LogP contribution in [0.3, 0.4) is 0 Å². The summed E-state index contributed by atoms with van der Waals surface area (Å²) >= 11 is 0. The van der Waals surface area contributed by atoms with Crippen molar-refractivity contribution in [2.24, 2.45) is 16.1 Å². The van der Waals surface area contributed by atoms with Crippen LogP contribution in [-0.4, -0.2) is 38.9 Å². The summed E-state index contributed by atoms with van der Waals surface area (Å²) in [6.07, 6.45) is 5.72. The van der Waals surface area contributed by atoms with Crippen LogP contribution < -0.4 is 20.5 Å². The fourth-order valence-corrected chi connectivity index (χ4v) is 3.39. The number of anilines is 1. The van der Waals surface area contributed by atoms with Crippen LogP contribution in [0.15, 0.2) is 23.2 Å². The van der Waals surface area contributed by atoms with E-state index in [0.29, 0.717) is 25.3 Å². The molecule has 0 spiro atoms. The van der Waals surface area contributed by atoms with E-state index >= 15 is 0 Å². The first-order chi connectivity index (χ1) is 12.1. The van der Waals surface area contributed by atoms with Gasteiger partial charge in [0.1, 0.15) is 0 Å². The lowest BCUT2D eigenvalue weighted by Gasteiger charge is -2.35. The third-order valence-electron chi connectivity index (χ3n) is 5.12. The van der Waals surface area contributed by atoms with E-state index in [2.05, 4.69) is 17.2 Å². The summed E-state index contributed by atoms with van der Waals surface area (Å²) in [5.74, 6) is 1.96. The summed E-state index contributed by atoms with van der Waals surface area (Å²) in [7, 11) is 1.79. The number of fused-ring (bicyclic) bond motifs is 1. The smallest absolute Gasteiger partial charge is 0.193 e. The lowest BCUT2D eigenvalue weighted by atomic mass is 9.75. The molecule has 146 valence electrons. The molecule has 2 aliphatic rings. The lowest BCUT2D eigenvalue weighted by molar-refractivity contribution is 0.0353. The number of aliphatic imine (C=N–C) groups is 1. The number of hydrogen-bond donors (Lipinski definition) is 2. The Labute approximate surface area is 172 Å². The molecule has 0 amide bonds. The van der Waals surface area contributed by atoms with E-state index in [1.807, 2.05) is 18.2 Å². The van der Waals surface area contributed by atoms with Gasteiger partial charge in [-0.15, -0.1) is 24.0 Å². The van der Waals surface area contributed by atoms with Crippen LogP contribution in [0.5, 0.6) is 11.5 Å². The van der Waals surface area contributed by atoms with Gasteiger partial charge in [-0.2, -0.15) is 0 Å². The average Bonchev–Trinajstić information content (AvgIpc) is 2.86. The largest absolute Gasteiger partial charge is 0.490 e. The van der Waals surface area contributed by atoms with E-state index in [9.17, 15) is 0 Å². The highest BCUT2D eigenvalue weighted by Crippen LogP contribution is 2.37. The molecule has 0 aromatic heterocycles. The zero-order chi connectivity index (χ0) is 17.7. The van der Waals surface area contributed by atoms with Crippen molar-refractivity contribution < 1.29 is 14.2 Å². The van der Waals surface area contributed by atoms with Gasteiger partial charge in [0.2, 0.25) is 0 Å². The van der Waals surface area contributed by atoms with Gasteiger partial charge >= 0.3 is 0 Å². The summed E-state index contributed by atoms with van der Waals surface area (Å²) in [6.45, 7) is 4.36. The fraction of sp³-hybridized carbons (Fsp3) is 0.632. The highest BCUT2D eigenvalue weighted by molar-refractivity contribution is 14.0. The van der Waals surface area contributed by atoms with Gasteiger partial charge in [-0.05, 0) is 43.2 Å². The Morgan fingerprint density at radius 3 is 2.65 bits per heavy atom. The molecule has 1 heterocycles.